The van der Waals surface area contributed by atoms with Crippen LogP contribution in [0.1, 0.15) is 0 Å². The van der Waals surface area contributed by atoms with Crippen LogP contribution in [-0.4, -0.2) is 9.76 Å². The second-order valence-corrected chi connectivity index (χ2v) is 61.7. The number of rotatable bonds is 14. The summed E-state index contributed by atoms with van der Waals surface area (Å²) in [4.78, 5) is 37.8. The van der Waals surface area contributed by atoms with E-state index in [9.17, 15) is 0 Å². The summed E-state index contributed by atoms with van der Waals surface area (Å²) in [6.45, 7) is 0. The summed E-state index contributed by atoms with van der Waals surface area (Å²) in [6, 6.07) is 97.1. The second kappa shape index (κ2) is 17.5. The molecular weight excluding hydrogens is 899 g/mol. The van der Waals surface area contributed by atoms with Gasteiger partial charge < -0.3 is 0 Å². The second-order valence-electron chi connectivity index (χ2n) is 15.4. The minimum atomic E-state index is -6.39. The van der Waals surface area contributed by atoms with E-state index in [1.54, 1.807) is 0 Å². The molecule has 2 nitrogen and oxygen atoms in total. The van der Waals surface area contributed by atoms with Crippen LogP contribution in [0.25, 0.3) is 0 Å². The Morgan fingerprint density at radius 3 is 0.419 bits per heavy atom. The van der Waals surface area contributed by atoms with Crippen molar-refractivity contribution in [2.75, 3.05) is 0 Å². The molecule has 9 rings (SSSR count). The van der Waals surface area contributed by atoms with Crippen LogP contribution in [0.2, 0.25) is 0 Å². The normalized spacial score (nSPS) is 13.5. The summed E-state index contributed by atoms with van der Waals surface area (Å²) < 4.78 is 0. The van der Waals surface area contributed by atoms with Gasteiger partial charge in [-0.15, -0.1) is 0 Å². The monoisotopic (exact) mass is 949 g/mol. The van der Waals surface area contributed by atoms with Crippen LogP contribution in [0.4, 0.5) is 0 Å². The van der Waals surface area contributed by atoms with Gasteiger partial charge in [0.1, 0.15) is 0 Å². The van der Waals surface area contributed by atoms with Crippen LogP contribution in [-0.2, 0) is 21.7 Å². The molecule has 0 aliphatic carbocycles. The Morgan fingerprint density at radius 2 is 0.323 bits per heavy atom. The molecule has 0 saturated carbocycles. The van der Waals surface area contributed by atoms with Crippen LogP contribution in [0.15, 0.2) is 273 Å². The quantitative estimate of drug-likeness (QED) is 0.0621. The Balaban J connectivity index is 1.81. The van der Waals surface area contributed by atoms with E-state index in [1.807, 2.05) is 0 Å². The molecule has 9 aromatic carbocycles. The third-order valence-corrected chi connectivity index (χ3v) is 97.7. The van der Waals surface area contributed by atoms with Crippen LogP contribution in [0, 0.1) is 0 Å². The fourth-order valence-electron chi connectivity index (χ4n) is 10.4. The van der Waals surface area contributed by atoms with E-state index in [0.717, 1.165) is 47.7 Å². The average Bonchev–Trinajstić information content (AvgIpc) is 3.37. The van der Waals surface area contributed by atoms with E-state index >= 15 is 9.59 Å². The van der Waals surface area contributed by atoms with E-state index < -0.39 is 28.9 Å². The first-order valence-electron chi connectivity index (χ1n) is 20.9. The van der Waals surface area contributed by atoms with Gasteiger partial charge in [0.05, 0.1) is 0 Å². The van der Waals surface area contributed by atoms with Crippen LogP contribution in [0.3, 0.4) is 0 Å². The van der Waals surface area contributed by atoms with Crippen molar-refractivity contribution in [1.82, 2.24) is 0 Å². The number of benzene rings is 9. The summed E-state index contributed by atoms with van der Waals surface area (Å²) in [6.07, 6.45) is 0. The predicted octanol–water partition coefficient (Wildman–Crippen LogP) is 8.98. The molecule has 0 spiro atoms. The van der Waals surface area contributed by atoms with Crippen molar-refractivity contribution in [3.8, 4) is 0 Å². The third kappa shape index (κ3) is 5.70. The summed E-state index contributed by atoms with van der Waals surface area (Å²) >= 11 is -6.39. The Hall–Kier alpha value is -5.77. The summed E-state index contributed by atoms with van der Waals surface area (Å²) in [5.74, 6) is 0. The molecule has 309 valence electrons. The van der Waals surface area contributed by atoms with E-state index in [-0.39, 0.29) is 0 Å². The van der Waals surface area contributed by atoms with Crippen molar-refractivity contribution >= 4 is 74.3 Å². The van der Waals surface area contributed by atoms with E-state index in [0.29, 0.717) is 0 Å². The van der Waals surface area contributed by atoms with Crippen molar-refractivity contribution in [2.45, 2.75) is 0 Å². The molecule has 0 fully saturated rings. The third-order valence-electron chi connectivity index (χ3n) is 12.5. The van der Waals surface area contributed by atoms with Crippen molar-refractivity contribution in [3.63, 3.8) is 0 Å². The zero-order chi connectivity index (χ0) is 42.4. The molecule has 0 radical (unpaired) electrons. The van der Waals surface area contributed by atoms with Gasteiger partial charge in [-0.05, 0) is 0 Å². The van der Waals surface area contributed by atoms with Gasteiger partial charge in [0.15, 0.2) is 0 Å². The Bertz CT molecular complexity index is 2260. The molecule has 0 heterocycles. The maximum atomic E-state index is 17.4. The molecule has 0 bridgehead atoms. The van der Waals surface area contributed by atoms with Gasteiger partial charge >= 0.3 is 369 Å². The molecule has 0 atom stereocenters. The Morgan fingerprint density at radius 1 is 0.210 bits per heavy atom. The first-order chi connectivity index (χ1) is 30.7. The summed E-state index contributed by atoms with van der Waals surface area (Å²) in [7, 11) is 0. The van der Waals surface area contributed by atoms with E-state index in [2.05, 4.69) is 273 Å². The SMILES string of the molecule is O=[CH][Ru]([CH]=O)([PH](c1ccccc1)(c1ccccc1)c1ccccc1)([PH](c1ccccc1)(c1ccccc1)c1ccccc1)[PH](c1ccccc1)(c1ccccc1)c1ccccc1. The molecular formula is C56H50O2P3Ru. The molecule has 0 unspecified atom stereocenters. The van der Waals surface area contributed by atoms with Crippen LogP contribution in [0.5, 0.6) is 0 Å². The van der Waals surface area contributed by atoms with Crippen LogP contribution >= 0.6 is 16.8 Å². The fourth-order valence-corrected chi connectivity index (χ4v) is 130. The van der Waals surface area contributed by atoms with Gasteiger partial charge in [-0.1, -0.05) is 0 Å². The number of carbonyl (C=O) groups excluding carboxylic acids is 2. The number of hydrogen-bond acceptors (Lipinski definition) is 2. The fraction of sp³-hybridized carbons (Fsp3) is 0. The topological polar surface area (TPSA) is 34.1 Å². The molecule has 6 heteroatoms. The average molecular weight is 949 g/mol. The molecule has 0 aromatic heterocycles. The van der Waals surface area contributed by atoms with Gasteiger partial charge in [-0.25, -0.2) is 0 Å². The maximum absolute atomic E-state index is 17.4. The Kier molecular flexibility index (Phi) is 11.8. The van der Waals surface area contributed by atoms with Crippen LogP contribution < -0.4 is 47.7 Å². The predicted molar refractivity (Wildman–Crippen MR) is 273 cm³/mol. The molecule has 0 amide bonds. The van der Waals surface area contributed by atoms with Crippen molar-refractivity contribution < 1.29 is 21.7 Å². The van der Waals surface area contributed by atoms with Gasteiger partial charge in [0, 0.05) is 0 Å². The number of carbonyl (C=O) groups is 2. The summed E-state index contributed by atoms with van der Waals surface area (Å²) in [5, 5.41) is 9.51. The molecule has 62 heavy (non-hydrogen) atoms. The number of hydrogen-bond donors (Lipinski definition) is 0. The summed E-state index contributed by atoms with van der Waals surface area (Å²) in [5.41, 5.74) is -12.5. The zero-order valence-corrected chi connectivity index (χ0v) is 39.0. The molecule has 0 aliphatic heterocycles. The molecule has 0 saturated heterocycles. The van der Waals surface area contributed by atoms with Gasteiger partial charge in [-0.3, -0.25) is 0 Å². The first-order valence-corrected chi connectivity index (χ1v) is 36.2. The Labute approximate surface area is 366 Å². The van der Waals surface area contributed by atoms with Gasteiger partial charge in [-0.2, -0.15) is 0 Å². The first kappa shape index (κ1) is 41.6. The van der Waals surface area contributed by atoms with Crippen molar-refractivity contribution in [2.24, 2.45) is 0 Å². The van der Waals surface area contributed by atoms with E-state index in [1.165, 1.54) is 9.76 Å². The zero-order valence-electron chi connectivity index (χ0n) is 34.3. The van der Waals surface area contributed by atoms with Gasteiger partial charge in [0.2, 0.25) is 0 Å². The molecule has 9 aromatic rings. The molecule has 0 N–H and O–H groups in total. The van der Waals surface area contributed by atoms with E-state index in [4.69, 9.17) is 0 Å². The van der Waals surface area contributed by atoms with Crippen molar-refractivity contribution in [1.29, 1.82) is 0 Å². The standard InChI is InChI=1S/3C18H15P.2CHO.Ru/c3*1-4-10-16(11-5-1)19(17-12-6-2-7-13-17)18-14-8-3-9-15-18;2*1-2;/h3*1-15H;2*1H;/q;;;;;-3/p+3. The van der Waals surface area contributed by atoms with Crippen molar-refractivity contribution in [3.05, 3.63) is 273 Å². The minimum absolute atomic E-state index is 1.06. The molecule has 0 aliphatic rings. The van der Waals surface area contributed by atoms with Gasteiger partial charge in [0.25, 0.3) is 0 Å².